The van der Waals surface area contributed by atoms with Crippen molar-refractivity contribution >= 4 is 39.5 Å². The third kappa shape index (κ3) is 69.2. The van der Waals surface area contributed by atoms with Gasteiger partial charge in [-0.1, -0.05) is 294 Å². The number of aliphatic hydroxyl groups is 1. The van der Waals surface area contributed by atoms with Crippen molar-refractivity contribution < 1.29 is 80.2 Å². The smallest absolute Gasteiger partial charge is 0.462 e. The second kappa shape index (κ2) is 70.2. The molecule has 5 atom stereocenters. The molecule has 0 spiro atoms. The van der Waals surface area contributed by atoms with E-state index in [-0.39, 0.29) is 25.7 Å². The third-order valence-corrected chi connectivity index (χ3v) is 18.4. The number of hydrogen-bond acceptors (Lipinski definition) is 15. The lowest BCUT2D eigenvalue weighted by Gasteiger charge is -2.21. The number of unbranched alkanes of at least 4 members (excludes halogenated alkanes) is 37. The van der Waals surface area contributed by atoms with E-state index in [0.29, 0.717) is 25.7 Å². The van der Waals surface area contributed by atoms with Gasteiger partial charge in [0.25, 0.3) is 0 Å². The van der Waals surface area contributed by atoms with Crippen LogP contribution < -0.4 is 0 Å². The van der Waals surface area contributed by atoms with Crippen LogP contribution in [0.2, 0.25) is 0 Å². The van der Waals surface area contributed by atoms with E-state index in [1.807, 2.05) is 0 Å². The zero-order valence-corrected chi connectivity index (χ0v) is 62.8. The SMILES string of the molecule is CC/C=C\C/C=C\C/C=C\C/C=C\CCCCCCC(=O)OCC(COP(=O)(O)OCC(O)COP(=O)(O)OCC(COC(=O)CCCCCCC/C=C\CCCCCCCC)OC(=O)CCCCCCCCCCCCC)OC(=O)CCCCCCCCCCCCCCC. The van der Waals surface area contributed by atoms with Gasteiger partial charge in [0.1, 0.15) is 19.3 Å². The first-order chi connectivity index (χ1) is 46.7. The fourth-order valence-corrected chi connectivity index (χ4v) is 12.2. The predicted molar refractivity (Wildman–Crippen MR) is 390 cm³/mol. The number of ether oxygens (including phenoxy) is 4. The van der Waals surface area contributed by atoms with E-state index >= 15 is 0 Å². The fourth-order valence-electron chi connectivity index (χ4n) is 10.6. The maximum atomic E-state index is 13.1. The van der Waals surface area contributed by atoms with Crippen LogP contribution in [0, 0.1) is 0 Å². The Kier molecular flexibility index (Phi) is 67.8. The van der Waals surface area contributed by atoms with E-state index in [2.05, 4.69) is 88.5 Å². The van der Waals surface area contributed by atoms with Crippen LogP contribution in [0.4, 0.5) is 0 Å². The Balaban J connectivity index is 5.30. The van der Waals surface area contributed by atoms with Gasteiger partial charge in [0.2, 0.25) is 0 Å². The molecule has 560 valence electrons. The molecule has 0 aliphatic rings. The molecule has 0 aromatic carbocycles. The Morgan fingerprint density at radius 3 is 0.844 bits per heavy atom. The van der Waals surface area contributed by atoms with Crippen molar-refractivity contribution in [1.29, 1.82) is 0 Å². The van der Waals surface area contributed by atoms with Crippen LogP contribution in [-0.2, 0) is 65.4 Å². The Morgan fingerprint density at radius 1 is 0.302 bits per heavy atom. The van der Waals surface area contributed by atoms with E-state index < -0.39 is 97.5 Å². The largest absolute Gasteiger partial charge is 0.472 e. The monoisotopic (exact) mass is 1400 g/mol. The molecule has 0 aromatic rings. The average Bonchev–Trinajstić information content (AvgIpc) is 1.17. The molecule has 0 heterocycles. The van der Waals surface area contributed by atoms with Crippen LogP contribution in [-0.4, -0.2) is 96.7 Å². The van der Waals surface area contributed by atoms with Crippen LogP contribution in [0.15, 0.2) is 60.8 Å². The molecule has 0 saturated heterocycles. The normalized spacial score (nSPS) is 14.3. The first kappa shape index (κ1) is 92.8. The van der Waals surface area contributed by atoms with E-state index in [4.69, 9.17) is 37.0 Å². The van der Waals surface area contributed by atoms with Crippen molar-refractivity contribution in [3.05, 3.63) is 60.8 Å². The standard InChI is InChI=1S/C77H140O17P2/c1-5-9-13-17-21-25-29-32-34-35-37-40-43-46-50-54-58-62-75(80)88-68-73(94-77(82)64-60-56-52-48-44-38-31-27-23-19-15-11-7-3)70-92-96(85,86)90-66-71(78)65-89-95(83,84)91-69-72(93-76(81)63-59-55-51-47-41-28-24-20-16-12-8-4)67-87-74(79)61-57-53-49-45-42-39-36-33-30-26-22-18-14-10-6-2/h9,13,21,25,32-34,36-37,40,71-73,78H,5-8,10-12,14-20,22-24,26-31,35,38-39,41-70H2,1-4H3,(H,83,84)(H,85,86)/b13-9-,25-21-,34-32-,36-33-,40-37-. The van der Waals surface area contributed by atoms with Gasteiger partial charge >= 0.3 is 39.5 Å². The minimum Gasteiger partial charge on any atom is -0.462 e. The molecule has 17 nitrogen and oxygen atoms in total. The van der Waals surface area contributed by atoms with Crippen LogP contribution in [0.25, 0.3) is 0 Å². The van der Waals surface area contributed by atoms with E-state index in [1.54, 1.807) is 0 Å². The van der Waals surface area contributed by atoms with E-state index in [0.717, 1.165) is 141 Å². The number of carbonyl (C=O) groups excluding carboxylic acids is 4. The number of rotatable bonds is 73. The van der Waals surface area contributed by atoms with E-state index in [1.165, 1.54) is 128 Å². The number of phosphoric acid groups is 2. The highest BCUT2D eigenvalue weighted by Gasteiger charge is 2.30. The summed E-state index contributed by atoms with van der Waals surface area (Å²) in [5.74, 6) is -2.18. The van der Waals surface area contributed by atoms with Gasteiger partial charge in [0.05, 0.1) is 26.4 Å². The zero-order chi connectivity index (χ0) is 70.4. The minimum atomic E-state index is -4.97. The first-order valence-electron chi connectivity index (χ1n) is 38.5. The van der Waals surface area contributed by atoms with Crippen LogP contribution in [0.3, 0.4) is 0 Å². The average molecular weight is 1400 g/mol. The highest BCUT2D eigenvalue weighted by molar-refractivity contribution is 7.47. The van der Waals surface area contributed by atoms with Gasteiger partial charge in [-0.25, -0.2) is 9.13 Å². The molecule has 0 saturated carbocycles. The van der Waals surface area contributed by atoms with Crippen LogP contribution >= 0.6 is 15.6 Å². The summed E-state index contributed by atoms with van der Waals surface area (Å²) in [6.45, 7) is 4.77. The Labute approximate surface area is 584 Å². The topological polar surface area (TPSA) is 237 Å². The summed E-state index contributed by atoms with van der Waals surface area (Å²) in [5.41, 5.74) is 0. The van der Waals surface area contributed by atoms with Crippen LogP contribution in [0.1, 0.15) is 349 Å². The Morgan fingerprint density at radius 2 is 0.542 bits per heavy atom. The van der Waals surface area contributed by atoms with Gasteiger partial charge in [-0.15, -0.1) is 0 Å². The second-order valence-corrected chi connectivity index (χ2v) is 28.8. The summed E-state index contributed by atoms with van der Waals surface area (Å²) >= 11 is 0. The van der Waals surface area contributed by atoms with Crippen LogP contribution in [0.5, 0.6) is 0 Å². The molecule has 0 bridgehead atoms. The van der Waals surface area contributed by atoms with Crippen molar-refractivity contribution in [3.63, 3.8) is 0 Å². The quantitative estimate of drug-likeness (QED) is 0.0169. The molecule has 0 radical (unpaired) electrons. The number of esters is 4. The number of carbonyl (C=O) groups is 4. The van der Waals surface area contributed by atoms with Gasteiger partial charge < -0.3 is 33.8 Å². The number of aliphatic hydroxyl groups excluding tert-OH is 1. The molecule has 3 N–H and O–H groups in total. The Bertz CT molecular complexity index is 2060. The maximum Gasteiger partial charge on any atom is 0.472 e. The highest BCUT2D eigenvalue weighted by atomic mass is 31.2. The summed E-state index contributed by atoms with van der Waals surface area (Å²) < 4.78 is 68.4. The number of hydrogen-bond donors (Lipinski definition) is 3. The molecule has 19 heteroatoms. The molecular weight excluding hydrogens is 1260 g/mol. The third-order valence-electron chi connectivity index (χ3n) is 16.5. The van der Waals surface area contributed by atoms with Gasteiger partial charge in [-0.3, -0.25) is 37.3 Å². The second-order valence-electron chi connectivity index (χ2n) is 25.9. The van der Waals surface area contributed by atoms with E-state index in [9.17, 15) is 43.2 Å². The number of phosphoric ester groups is 2. The summed E-state index contributed by atoms with van der Waals surface area (Å²) in [5, 5.41) is 10.6. The molecule has 0 aliphatic carbocycles. The minimum absolute atomic E-state index is 0.0953. The first-order valence-corrected chi connectivity index (χ1v) is 41.5. The highest BCUT2D eigenvalue weighted by Crippen LogP contribution is 2.45. The molecule has 0 aromatic heterocycles. The van der Waals surface area contributed by atoms with Crippen molar-refractivity contribution in [2.75, 3.05) is 39.6 Å². The lowest BCUT2D eigenvalue weighted by molar-refractivity contribution is -0.161. The van der Waals surface area contributed by atoms with Gasteiger partial charge in [0, 0.05) is 25.7 Å². The molecule has 5 unspecified atom stereocenters. The van der Waals surface area contributed by atoms with Crippen molar-refractivity contribution in [2.24, 2.45) is 0 Å². The molecule has 96 heavy (non-hydrogen) atoms. The molecule has 0 amide bonds. The molecule has 0 fully saturated rings. The lowest BCUT2D eigenvalue weighted by Crippen LogP contribution is -2.30. The van der Waals surface area contributed by atoms with Gasteiger partial charge in [-0.05, 0) is 89.9 Å². The van der Waals surface area contributed by atoms with Crippen molar-refractivity contribution in [2.45, 2.75) is 367 Å². The molecule has 0 rings (SSSR count). The summed E-state index contributed by atoms with van der Waals surface area (Å²) in [6.07, 6.45) is 67.8. The molecular formula is C77H140O17P2. The fraction of sp³-hybridized carbons (Fsp3) is 0.818. The van der Waals surface area contributed by atoms with Gasteiger partial charge in [-0.2, -0.15) is 0 Å². The van der Waals surface area contributed by atoms with Crippen molar-refractivity contribution in [3.8, 4) is 0 Å². The van der Waals surface area contributed by atoms with Gasteiger partial charge in [0.15, 0.2) is 12.2 Å². The molecule has 0 aliphatic heterocycles. The summed E-state index contributed by atoms with van der Waals surface area (Å²) in [7, 11) is -9.93. The zero-order valence-electron chi connectivity index (χ0n) is 61.1. The predicted octanol–water partition coefficient (Wildman–Crippen LogP) is 21.9. The lowest BCUT2D eigenvalue weighted by atomic mass is 10.0. The summed E-state index contributed by atoms with van der Waals surface area (Å²) in [4.78, 5) is 72.8. The Hall–Kier alpha value is -3.24. The van der Waals surface area contributed by atoms with Crippen molar-refractivity contribution in [1.82, 2.24) is 0 Å². The summed E-state index contributed by atoms with van der Waals surface area (Å²) in [6, 6.07) is 0. The maximum absolute atomic E-state index is 13.1. The number of allylic oxidation sites excluding steroid dienone is 10.